The highest BCUT2D eigenvalue weighted by Crippen LogP contribution is 2.22. The Kier molecular flexibility index (Phi) is 6.51. The minimum atomic E-state index is -3.83. The molecule has 0 heterocycles. The fraction of sp³-hybridized carbons (Fsp3) is 0.286. The molecular weight excluding hydrogens is 346 g/mol. The fourth-order valence-corrected chi connectivity index (χ4v) is 4.82. The zero-order valence-electron chi connectivity index (χ0n) is 15.6. The van der Waals surface area contributed by atoms with Crippen LogP contribution < -0.4 is 4.72 Å². The lowest BCUT2D eigenvalue weighted by molar-refractivity contribution is -0.116. The largest absolute Gasteiger partial charge is 0.293 e. The van der Waals surface area contributed by atoms with E-state index in [4.69, 9.17) is 0 Å². The van der Waals surface area contributed by atoms with E-state index in [0.29, 0.717) is 17.5 Å². The van der Waals surface area contributed by atoms with E-state index in [9.17, 15) is 13.2 Å². The van der Waals surface area contributed by atoms with Crippen molar-refractivity contribution in [2.24, 2.45) is 0 Å². The van der Waals surface area contributed by atoms with Gasteiger partial charge in [-0.05, 0) is 56.9 Å². The summed E-state index contributed by atoms with van der Waals surface area (Å²) in [6, 6.07) is 12.2. The van der Waals surface area contributed by atoms with Gasteiger partial charge in [-0.25, -0.2) is 8.42 Å². The van der Waals surface area contributed by atoms with Crippen LogP contribution in [0, 0.1) is 20.8 Å². The van der Waals surface area contributed by atoms with Crippen LogP contribution >= 0.6 is 0 Å². The van der Waals surface area contributed by atoms with Gasteiger partial charge in [-0.3, -0.25) is 4.79 Å². The Morgan fingerprint density at radius 3 is 2.19 bits per heavy atom. The van der Waals surface area contributed by atoms with Crippen LogP contribution in [0.2, 0.25) is 0 Å². The number of nitrogens with one attached hydrogen (secondary N) is 1. The van der Waals surface area contributed by atoms with Gasteiger partial charge < -0.3 is 0 Å². The predicted molar refractivity (Wildman–Crippen MR) is 105 cm³/mol. The number of sulfonamides is 1. The van der Waals surface area contributed by atoms with Crippen molar-refractivity contribution in [1.29, 1.82) is 0 Å². The summed E-state index contributed by atoms with van der Waals surface area (Å²) in [6.07, 6.45) is 3.33. The lowest BCUT2D eigenvalue weighted by Crippen LogP contribution is -2.42. The van der Waals surface area contributed by atoms with Gasteiger partial charge in [-0.2, -0.15) is 4.72 Å². The first-order valence-corrected chi connectivity index (χ1v) is 10.0. The summed E-state index contributed by atoms with van der Waals surface area (Å²) in [5.74, 6) is -0.262. The first kappa shape index (κ1) is 20.1. The van der Waals surface area contributed by atoms with E-state index in [1.54, 1.807) is 26.8 Å². The second-order valence-corrected chi connectivity index (χ2v) is 8.14. The van der Waals surface area contributed by atoms with Crippen LogP contribution in [0.1, 0.15) is 29.2 Å². The molecule has 0 aliphatic carbocycles. The van der Waals surface area contributed by atoms with E-state index >= 15 is 0 Å². The maximum Gasteiger partial charge on any atom is 0.241 e. The number of hydrogen-bond acceptors (Lipinski definition) is 3. The van der Waals surface area contributed by atoms with Crippen molar-refractivity contribution in [2.75, 3.05) is 0 Å². The summed E-state index contributed by atoms with van der Waals surface area (Å²) in [4.78, 5) is 12.7. The van der Waals surface area contributed by atoms with E-state index in [1.165, 1.54) is 6.08 Å². The first-order chi connectivity index (χ1) is 12.2. The second-order valence-electron chi connectivity index (χ2n) is 6.49. The normalized spacial score (nSPS) is 13.1. The lowest BCUT2D eigenvalue weighted by Gasteiger charge is -2.19. The highest BCUT2D eigenvalue weighted by Gasteiger charge is 2.27. The first-order valence-electron chi connectivity index (χ1n) is 8.55. The summed E-state index contributed by atoms with van der Waals surface area (Å²) in [6.45, 7) is 7.21. The maximum absolute atomic E-state index is 13.0. The smallest absolute Gasteiger partial charge is 0.241 e. The molecule has 0 saturated carbocycles. The van der Waals surface area contributed by atoms with Crippen molar-refractivity contribution >= 4 is 15.8 Å². The number of carbonyl (C=O) groups is 1. The Balaban J connectivity index is 2.39. The maximum atomic E-state index is 13.0. The molecule has 0 aliphatic heterocycles. The SMILES string of the molecule is C/C=C/C(=O)[C@H](Cc1ccccc1)NS(=O)(=O)c1c(C)cc(C)cc1C. The van der Waals surface area contributed by atoms with Gasteiger partial charge >= 0.3 is 0 Å². The minimum Gasteiger partial charge on any atom is -0.293 e. The molecule has 0 unspecified atom stereocenters. The van der Waals surface area contributed by atoms with Gasteiger partial charge in [0.05, 0.1) is 10.9 Å². The Hall–Kier alpha value is -2.24. The third-order valence-corrected chi connectivity index (χ3v) is 5.90. The quantitative estimate of drug-likeness (QED) is 0.756. The van der Waals surface area contributed by atoms with Crippen LogP contribution in [0.5, 0.6) is 0 Å². The summed E-state index contributed by atoms with van der Waals surface area (Å²) in [7, 11) is -3.83. The number of aryl methyl sites for hydroxylation is 3. The topological polar surface area (TPSA) is 63.2 Å². The van der Waals surface area contributed by atoms with Crippen molar-refractivity contribution in [1.82, 2.24) is 4.72 Å². The molecular formula is C21H25NO3S. The second kappa shape index (κ2) is 8.43. The summed E-state index contributed by atoms with van der Waals surface area (Å²) in [5.41, 5.74) is 3.25. The molecule has 0 aliphatic rings. The molecule has 2 rings (SSSR count). The average molecular weight is 372 g/mol. The van der Waals surface area contributed by atoms with Gasteiger partial charge in [0.1, 0.15) is 0 Å². The molecule has 1 atom stereocenters. The molecule has 0 aromatic heterocycles. The zero-order valence-corrected chi connectivity index (χ0v) is 16.4. The third kappa shape index (κ3) is 4.90. The number of benzene rings is 2. The summed E-state index contributed by atoms with van der Waals surface area (Å²) < 4.78 is 28.6. The average Bonchev–Trinajstić information content (AvgIpc) is 2.54. The molecule has 2 aromatic rings. The highest BCUT2D eigenvalue weighted by atomic mass is 32.2. The van der Waals surface area contributed by atoms with Gasteiger partial charge in [0.2, 0.25) is 10.0 Å². The molecule has 0 radical (unpaired) electrons. The van der Waals surface area contributed by atoms with Crippen LogP contribution in [0.4, 0.5) is 0 Å². The summed E-state index contributed by atoms with van der Waals surface area (Å²) in [5, 5.41) is 0. The number of hydrogen-bond donors (Lipinski definition) is 1. The Morgan fingerprint density at radius 2 is 1.65 bits per heavy atom. The molecule has 0 spiro atoms. The molecule has 5 heteroatoms. The van der Waals surface area contributed by atoms with Gasteiger partial charge in [-0.1, -0.05) is 54.1 Å². The Bertz CT molecular complexity index is 893. The molecule has 2 aromatic carbocycles. The van der Waals surface area contributed by atoms with Crippen molar-refractivity contribution in [3.05, 3.63) is 76.9 Å². The minimum absolute atomic E-state index is 0.245. The Labute approximate surface area is 156 Å². The van der Waals surface area contributed by atoms with Crippen LogP contribution in [0.25, 0.3) is 0 Å². The van der Waals surface area contributed by atoms with Gasteiger partial charge in [0.25, 0.3) is 0 Å². The van der Waals surface area contributed by atoms with E-state index in [-0.39, 0.29) is 10.7 Å². The molecule has 26 heavy (non-hydrogen) atoms. The monoisotopic (exact) mass is 371 g/mol. The van der Waals surface area contributed by atoms with Crippen molar-refractivity contribution in [3.8, 4) is 0 Å². The van der Waals surface area contributed by atoms with Gasteiger partial charge in [0, 0.05) is 0 Å². The van der Waals surface area contributed by atoms with Crippen LogP contribution in [-0.2, 0) is 21.2 Å². The number of carbonyl (C=O) groups excluding carboxylic acids is 1. The number of rotatable bonds is 7. The lowest BCUT2D eigenvalue weighted by atomic mass is 10.0. The number of allylic oxidation sites excluding steroid dienone is 1. The standard InChI is InChI=1S/C21H25NO3S/c1-5-9-20(23)19(14-18-10-7-6-8-11-18)22-26(24,25)21-16(3)12-15(2)13-17(21)4/h5-13,19,22H,14H2,1-4H3/b9-5+/t19-/m0/s1. The van der Waals surface area contributed by atoms with E-state index < -0.39 is 16.1 Å². The molecule has 1 N–H and O–H groups in total. The molecule has 0 fully saturated rings. The van der Waals surface area contributed by atoms with Crippen LogP contribution in [0.3, 0.4) is 0 Å². The molecule has 138 valence electrons. The molecule has 0 bridgehead atoms. The van der Waals surface area contributed by atoms with Crippen molar-refractivity contribution < 1.29 is 13.2 Å². The molecule has 0 amide bonds. The zero-order chi connectivity index (χ0) is 19.3. The molecule has 0 saturated heterocycles. The van der Waals surface area contributed by atoms with E-state index in [2.05, 4.69) is 4.72 Å². The Morgan fingerprint density at radius 1 is 1.08 bits per heavy atom. The fourth-order valence-electron chi connectivity index (χ4n) is 3.17. The van der Waals surface area contributed by atoms with Crippen molar-refractivity contribution in [2.45, 2.75) is 45.1 Å². The van der Waals surface area contributed by atoms with E-state index in [0.717, 1.165) is 11.1 Å². The van der Waals surface area contributed by atoms with Crippen LogP contribution in [-0.4, -0.2) is 20.2 Å². The van der Waals surface area contributed by atoms with Crippen molar-refractivity contribution in [3.63, 3.8) is 0 Å². The van der Waals surface area contributed by atoms with Gasteiger partial charge in [0.15, 0.2) is 5.78 Å². The summed E-state index contributed by atoms with van der Waals surface area (Å²) >= 11 is 0. The highest BCUT2D eigenvalue weighted by molar-refractivity contribution is 7.89. The third-order valence-electron chi connectivity index (χ3n) is 4.13. The van der Waals surface area contributed by atoms with Crippen LogP contribution in [0.15, 0.2) is 59.5 Å². The van der Waals surface area contributed by atoms with Gasteiger partial charge in [-0.15, -0.1) is 0 Å². The molecule has 4 nitrogen and oxygen atoms in total. The predicted octanol–water partition coefficient (Wildman–Crippen LogP) is 3.65. The number of ketones is 1. The van der Waals surface area contributed by atoms with E-state index in [1.807, 2.05) is 49.4 Å².